The van der Waals surface area contributed by atoms with Gasteiger partial charge in [0.15, 0.2) is 0 Å². The van der Waals surface area contributed by atoms with Gasteiger partial charge in [0.2, 0.25) is 0 Å². The van der Waals surface area contributed by atoms with Crippen molar-refractivity contribution in [3.63, 3.8) is 0 Å². The second-order valence-electron chi connectivity index (χ2n) is 12.7. The van der Waals surface area contributed by atoms with Gasteiger partial charge in [0.25, 0.3) is 0 Å². The summed E-state index contributed by atoms with van der Waals surface area (Å²) in [6.45, 7) is 9.91. The number of methoxy groups -OCH3 is 1. The number of carbonyl (C=O) groups excluding carboxylic acids is 2. The van der Waals surface area contributed by atoms with Crippen LogP contribution in [0.1, 0.15) is 94.1 Å². The van der Waals surface area contributed by atoms with Gasteiger partial charge >= 0.3 is 5.97 Å². The van der Waals surface area contributed by atoms with Crippen LogP contribution < -0.4 is 0 Å². The molecular weight excluding hydrogens is 568 g/mol. The highest BCUT2D eigenvalue weighted by Gasteiger charge is 2.25. The molecule has 0 spiro atoms. The van der Waals surface area contributed by atoms with Crippen molar-refractivity contribution in [2.24, 2.45) is 11.8 Å². The van der Waals surface area contributed by atoms with E-state index < -0.39 is 5.97 Å². The van der Waals surface area contributed by atoms with E-state index in [1.807, 2.05) is 0 Å². The molecule has 1 atom stereocenters. The Balaban J connectivity index is 0.000000838. The summed E-state index contributed by atoms with van der Waals surface area (Å²) in [7, 11) is 1.69. The summed E-state index contributed by atoms with van der Waals surface area (Å²) in [5, 5.41) is 19.8. The van der Waals surface area contributed by atoms with Crippen LogP contribution in [0, 0.1) is 11.8 Å². The molecule has 2 saturated carbocycles. The number of aliphatic hydroxyl groups excluding tert-OH is 2. The number of rotatable bonds is 15. The molecule has 7 nitrogen and oxygen atoms in total. The monoisotopic (exact) mass is 622 g/mol. The number of ether oxygens (including phenoxy) is 3. The maximum Gasteiger partial charge on any atom is 0.335 e. The summed E-state index contributed by atoms with van der Waals surface area (Å²) < 4.78 is 16.5. The minimum absolute atomic E-state index is 0.0962. The SMILES string of the molecule is C=C(C=O)CO.C=C(CO)C(=O)OCC(CCC1CCC(c2ccc3cc(C4CCC(OCC)CC4)ccc3c2)CC1)COC. The van der Waals surface area contributed by atoms with Crippen molar-refractivity contribution in [3.8, 4) is 0 Å². The van der Waals surface area contributed by atoms with Gasteiger partial charge in [-0.1, -0.05) is 49.6 Å². The van der Waals surface area contributed by atoms with Crippen LogP contribution in [-0.4, -0.2) is 68.7 Å². The molecule has 0 saturated heterocycles. The summed E-state index contributed by atoms with van der Waals surface area (Å²) in [6, 6.07) is 14.3. The van der Waals surface area contributed by atoms with Crippen molar-refractivity contribution < 1.29 is 34.0 Å². The van der Waals surface area contributed by atoms with E-state index in [9.17, 15) is 9.59 Å². The lowest BCUT2D eigenvalue weighted by Gasteiger charge is -2.30. The number of benzene rings is 2. The van der Waals surface area contributed by atoms with Crippen molar-refractivity contribution in [2.75, 3.05) is 40.1 Å². The predicted octanol–water partition coefficient (Wildman–Crippen LogP) is 7.04. The number of esters is 1. The zero-order chi connectivity index (χ0) is 32.6. The van der Waals surface area contributed by atoms with Gasteiger partial charge in [0.1, 0.15) is 6.29 Å². The maximum absolute atomic E-state index is 11.8. The molecule has 2 aliphatic rings. The van der Waals surface area contributed by atoms with Gasteiger partial charge in [0.05, 0.1) is 38.1 Å². The van der Waals surface area contributed by atoms with Crippen molar-refractivity contribution in [2.45, 2.75) is 89.1 Å². The molecule has 2 aliphatic carbocycles. The third-order valence-electron chi connectivity index (χ3n) is 9.44. The first-order valence-electron chi connectivity index (χ1n) is 16.6. The van der Waals surface area contributed by atoms with E-state index in [0.717, 1.165) is 19.4 Å². The molecular formula is C38H54O7. The molecule has 2 fully saturated rings. The summed E-state index contributed by atoms with van der Waals surface area (Å²) >= 11 is 0. The highest BCUT2D eigenvalue weighted by Crippen LogP contribution is 2.40. The molecule has 2 aromatic rings. The Bertz CT molecular complexity index is 1220. The van der Waals surface area contributed by atoms with Crippen LogP contribution in [0.3, 0.4) is 0 Å². The average molecular weight is 623 g/mol. The van der Waals surface area contributed by atoms with E-state index in [-0.39, 0.29) is 30.3 Å². The summed E-state index contributed by atoms with van der Waals surface area (Å²) in [5.74, 6) is 1.67. The van der Waals surface area contributed by atoms with Crippen molar-refractivity contribution >= 4 is 23.0 Å². The lowest BCUT2D eigenvalue weighted by molar-refractivity contribution is -0.141. The molecule has 0 radical (unpaired) electrons. The van der Waals surface area contributed by atoms with E-state index >= 15 is 0 Å². The molecule has 2 aromatic carbocycles. The normalized spacial score (nSPS) is 22.1. The fourth-order valence-electron chi connectivity index (χ4n) is 6.69. The minimum Gasteiger partial charge on any atom is -0.462 e. The van der Waals surface area contributed by atoms with Gasteiger partial charge in [-0.2, -0.15) is 0 Å². The quantitative estimate of drug-likeness (QED) is 0.125. The van der Waals surface area contributed by atoms with Crippen LogP contribution in [-0.2, 0) is 23.8 Å². The van der Waals surface area contributed by atoms with Gasteiger partial charge < -0.3 is 24.4 Å². The molecule has 45 heavy (non-hydrogen) atoms. The average Bonchev–Trinajstić information content (AvgIpc) is 3.09. The van der Waals surface area contributed by atoms with Crippen LogP contribution in [0.5, 0.6) is 0 Å². The topological polar surface area (TPSA) is 102 Å². The maximum atomic E-state index is 11.8. The van der Waals surface area contributed by atoms with Crippen molar-refractivity contribution in [1.29, 1.82) is 0 Å². The molecule has 0 aromatic heterocycles. The largest absolute Gasteiger partial charge is 0.462 e. The van der Waals surface area contributed by atoms with Gasteiger partial charge in [-0.3, -0.25) is 4.79 Å². The Labute approximate surface area is 269 Å². The predicted molar refractivity (Wildman–Crippen MR) is 179 cm³/mol. The van der Waals surface area contributed by atoms with E-state index in [2.05, 4.69) is 56.5 Å². The molecule has 0 heterocycles. The third kappa shape index (κ3) is 11.8. The molecule has 0 amide bonds. The Kier molecular flexibility index (Phi) is 16.0. The van der Waals surface area contributed by atoms with E-state index in [1.165, 1.54) is 73.3 Å². The van der Waals surface area contributed by atoms with E-state index in [1.54, 1.807) is 7.11 Å². The highest BCUT2D eigenvalue weighted by molar-refractivity contribution is 5.87. The van der Waals surface area contributed by atoms with Gasteiger partial charge in [-0.15, -0.1) is 0 Å². The van der Waals surface area contributed by atoms with Crippen molar-refractivity contribution in [3.05, 3.63) is 71.8 Å². The first kappa shape index (κ1) is 36.6. The van der Waals surface area contributed by atoms with Crippen LogP contribution >= 0.6 is 0 Å². The number of aliphatic hydroxyl groups is 2. The lowest BCUT2D eigenvalue weighted by atomic mass is 9.76. The van der Waals surface area contributed by atoms with Crippen molar-refractivity contribution in [1.82, 2.24) is 0 Å². The summed E-state index contributed by atoms with van der Waals surface area (Å²) in [5.41, 5.74) is 3.29. The molecule has 248 valence electrons. The molecule has 7 heteroatoms. The number of hydrogen-bond acceptors (Lipinski definition) is 7. The Morgan fingerprint density at radius 3 is 1.93 bits per heavy atom. The smallest absolute Gasteiger partial charge is 0.335 e. The first-order valence-corrected chi connectivity index (χ1v) is 16.6. The second-order valence-corrected chi connectivity index (χ2v) is 12.7. The van der Waals surface area contributed by atoms with Gasteiger partial charge in [0, 0.05) is 25.2 Å². The zero-order valence-electron chi connectivity index (χ0n) is 27.4. The summed E-state index contributed by atoms with van der Waals surface area (Å²) in [4.78, 5) is 21.3. The third-order valence-corrected chi connectivity index (χ3v) is 9.44. The van der Waals surface area contributed by atoms with Gasteiger partial charge in [-0.05, 0) is 111 Å². The van der Waals surface area contributed by atoms with Crippen LogP contribution in [0.15, 0.2) is 60.7 Å². The van der Waals surface area contributed by atoms with E-state index in [4.69, 9.17) is 24.4 Å². The Hall–Kier alpha value is -2.84. The minimum atomic E-state index is -0.518. The fourth-order valence-corrected chi connectivity index (χ4v) is 6.69. The standard InChI is InChI=1S/C34H48O5.C4H6O2/c1-4-38-33-17-15-28(16-18-33)30-12-14-31-19-29(11-13-32(31)20-30)27-9-7-25(8-10-27)5-6-26(22-37-3)23-39-34(36)24(2)21-35;1-4(2-5)3-6/h11-14,19-20,25-28,33,35H,2,4-10,15-18,21-23H2,1,3H3;2,6H,1,3H2. The van der Waals surface area contributed by atoms with Crippen LogP contribution in [0.25, 0.3) is 10.8 Å². The number of hydrogen-bond donors (Lipinski definition) is 2. The van der Waals surface area contributed by atoms with Crippen LogP contribution in [0.4, 0.5) is 0 Å². The molecule has 0 aliphatic heterocycles. The second kappa shape index (κ2) is 19.6. The molecule has 2 N–H and O–H groups in total. The fraction of sp³-hybridized carbons (Fsp3) is 0.579. The van der Waals surface area contributed by atoms with Crippen LogP contribution in [0.2, 0.25) is 0 Å². The first-order chi connectivity index (χ1) is 21.8. The Morgan fingerprint density at radius 1 is 0.889 bits per heavy atom. The highest BCUT2D eigenvalue weighted by atomic mass is 16.5. The lowest BCUT2D eigenvalue weighted by Crippen LogP contribution is -2.21. The number of aldehydes is 1. The molecule has 1 unspecified atom stereocenters. The Morgan fingerprint density at radius 2 is 1.47 bits per heavy atom. The molecule has 0 bridgehead atoms. The summed E-state index contributed by atoms with van der Waals surface area (Å²) in [6.07, 6.45) is 12.9. The molecule has 4 rings (SSSR count). The van der Waals surface area contributed by atoms with Gasteiger partial charge in [-0.25, -0.2) is 4.79 Å². The number of fused-ring (bicyclic) bond motifs is 1. The zero-order valence-corrected chi connectivity index (χ0v) is 27.4. The van der Waals surface area contributed by atoms with E-state index in [0.29, 0.717) is 43.4 Å². The number of carbonyl (C=O) groups is 2.